The van der Waals surface area contributed by atoms with Crippen LogP contribution in [0.15, 0.2) is 18.2 Å². The highest BCUT2D eigenvalue weighted by atomic mass is 16.3. The molecule has 0 saturated heterocycles. The van der Waals surface area contributed by atoms with Crippen molar-refractivity contribution in [2.75, 3.05) is 18.5 Å². The number of carbonyl (C=O) groups is 1. The van der Waals surface area contributed by atoms with Crippen LogP contribution in [0.5, 0.6) is 0 Å². The van der Waals surface area contributed by atoms with Crippen molar-refractivity contribution >= 4 is 11.7 Å². The van der Waals surface area contributed by atoms with E-state index >= 15 is 0 Å². The number of nitrogens with zero attached hydrogens (tertiary/aromatic N) is 1. The Morgan fingerprint density at radius 1 is 1.57 bits per heavy atom. The number of carbonyl (C=O) groups excluding carboxylic acids is 1. The van der Waals surface area contributed by atoms with Crippen LogP contribution in [0.25, 0.3) is 0 Å². The molecule has 1 aromatic heterocycles. The molecule has 0 bridgehead atoms. The minimum Gasteiger partial charge on any atom is -0.395 e. The molecule has 1 amide bonds. The van der Waals surface area contributed by atoms with Gasteiger partial charge in [0, 0.05) is 6.54 Å². The molecular weight excluding hydrogens is 182 g/mol. The summed E-state index contributed by atoms with van der Waals surface area (Å²) in [5.41, 5.74) is 5.66. The summed E-state index contributed by atoms with van der Waals surface area (Å²) in [6.45, 7) is 0.481. The number of pyridine rings is 1. The van der Waals surface area contributed by atoms with Gasteiger partial charge in [-0.05, 0) is 12.1 Å². The average molecular weight is 195 g/mol. The van der Waals surface area contributed by atoms with Crippen molar-refractivity contribution in [2.24, 2.45) is 5.73 Å². The second-order valence-electron chi connectivity index (χ2n) is 2.81. The molecule has 0 saturated carbocycles. The van der Waals surface area contributed by atoms with Gasteiger partial charge in [-0.15, -0.1) is 0 Å². The molecule has 0 aliphatic heterocycles. The molecule has 0 radical (unpaired) electrons. The number of amides is 1. The Morgan fingerprint density at radius 2 is 2.36 bits per heavy atom. The zero-order valence-electron chi connectivity index (χ0n) is 7.73. The molecule has 1 heterocycles. The molecule has 0 aliphatic rings. The Hall–Kier alpha value is -1.62. The van der Waals surface area contributed by atoms with Gasteiger partial charge in [0.25, 0.3) is 0 Å². The van der Waals surface area contributed by atoms with Crippen molar-refractivity contribution in [3.8, 4) is 0 Å². The minimum absolute atomic E-state index is 0.0434. The second kappa shape index (κ2) is 5.18. The summed E-state index contributed by atoms with van der Waals surface area (Å²) in [4.78, 5) is 14.7. The molecule has 0 aliphatic carbocycles. The van der Waals surface area contributed by atoms with Gasteiger partial charge in [-0.3, -0.25) is 4.79 Å². The lowest BCUT2D eigenvalue weighted by Gasteiger charge is -2.04. The number of hydrogen-bond donors (Lipinski definition) is 3. The predicted octanol–water partition coefficient (Wildman–Crippen LogP) is -0.486. The standard InChI is InChI=1S/C9H13N3O2/c10-8(14)6-7-2-1-3-9(12-7)11-4-5-13/h1-3,13H,4-6H2,(H2,10,14)(H,11,12). The van der Waals surface area contributed by atoms with Gasteiger partial charge in [0.2, 0.25) is 5.91 Å². The van der Waals surface area contributed by atoms with Gasteiger partial charge in [0.05, 0.1) is 18.7 Å². The van der Waals surface area contributed by atoms with E-state index in [0.717, 1.165) is 0 Å². The lowest BCUT2D eigenvalue weighted by atomic mass is 10.2. The van der Waals surface area contributed by atoms with Crippen LogP contribution in [0, 0.1) is 0 Å². The highest BCUT2D eigenvalue weighted by molar-refractivity contribution is 5.76. The van der Waals surface area contributed by atoms with Crippen LogP contribution in [0.3, 0.4) is 0 Å². The van der Waals surface area contributed by atoms with Crippen LogP contribution in [0.1, 0.15) is 5.69 Å². The van der Waals surface area contributed by atoms with E-state index in [1.165, 1.54) is 0 Å². The van der Waals surface area contributed by atoms with Gasteiger partial charge in [-0.25, -0.2) is 4.98 Å². The number of rotatable bonds is 5. The predicted molar refractivity (Wildman–Crippen MR) is 52.7 cm³/mol. The Morgan fingerprint density at radius 3 is 3.00 bits per heavy atom. The molecule has 76 valence electrons. The van der Waals surface area contributed by atoms with Crippen LogP contribution in [0.4, 0.5) is 5.82 Å². The fraction of sp³-hybridized carbons (Fsp3) is 0.333. The van der Waals surface area contributed by atoms with E-state index in [-0.39, 0.29) is 13.0 Å². The van der Waals surface area contributed by atoms with Crippen LogP contribution in [-0.4, -0.2) is 29.1 Å². The SMILES string of the molecule is NC(=O)Cc1cccc(NCCO)n1. The van der Waals surface area contributed by atoms with Gasteiger partial charge in [0.1, 0.15) is 5.82 Å². The molecular formula is C9H13N3O2. The van der Waals surface area contributed by atoms with Crippen molar-refractivity contribution < 1.29 is 9.90 Å². The van der Waals surface area contributed by atoms with Crippen LogP contribution >= 0.6 is 0 Å². The highest BCUT2D eigenvalue weighted by Gasteiger charge is 2.00. The van der Waals surface area contributed by atoms with Crippen molar-refractivity contribution in [3.63, 3.8) is 0 Å². The molecule has 5 heteroatoms. The van der Waals surface area contributed by atoms with Gasteiger partial charge in [-0.2, -0.15) is 0 Å². The van der Waals surface area contributed by atoms with Crippen LogP contribution < -0.4 is 11.1 Å². The molecule has 0 atom stereocenters. The summed E-state index contributed by atoms with van der Waals surface area (Å²) >= 11 is 0. The Bertz CT molecular complexity index is 315. The van der Waals surface area contributed by atoms with E-state index in [1.807, 2.05) is 0 Å². The number of nitrogens with two attached hydrogens (primary N) is 1. The maximum absolute atomic E-state index is 10.6. The lowest BCUT2D eigenvalue weighted by molar-refractivity contribution is -0.117. The Kier molecular flexibility index (Phi) is 3.87. The summed E-state index contributed by atoms with van der Waals surface area (Å²) in [5.74, 6) is 0.231. The summed E-state index contributed by atoms with van der Waals surface area (Å²) in [6, 6.07) is 5.28. The van der Waals surface area contributed by atoms with Crippen molar-refractivity contribution in [1.29, 1.82) is 0 Å². The first kappa shape index (κ1) is 10.5. The average Bonchev–Trinajstić information content (AvgIpc) is 2.14. The molecule has 0 spiro atoms. The second-order valence-corrected chi connectivity index (χ2v) is 2.81. The summed E-state index contributed by atoms with van der Waals surface area (Å²) in [5, 5.41) is 11.5. The summed E-state index contributed by atoms with van der Waals surface area (Å²) in [6.07, 6.45) is 0.134. The number of nitrogens with one attached hydrogen (secondary N) is 1. The largest absolute Gasteiger partial charge is 0.395 e. The number of aliphatic hydroxyl groups is 1. The molecule has 0 fully saturated rings. The van der Waals surface area contributed by atoms with Gasteiger partial charge >= 0.3 is 0 Å². The van der Waals surface area contributed by atoms with Crippen LogP contribution in [0.2, 0.25) is 0 Å². The van der Waals surface area contributed by atoms with Crippen LogP contribution in [-0.2, 0) is 11.2 Å². The van der Waals surface area contributed by atoms with Gasteiger partial charge in [0.15, 0.2) is 0 Å². The van der Waals surface area contributed by atoms with Gasteiger partial charge in [-0.1, -0.05) is 6.07 Å². The van der Waals surface area contributed by atoms with Crippen molar-refractivity contribution in [1.82, 2.24) is 4.98 Å². The van der Waals surface area contributed by atoms with E-state index in [4.69, 9.17) is 10.8 Å². The molecule has 1 aromatic rings. The molecule has 5 nitrogen and oxygen atoms in total. The van der Waals surface area contributed by atoms with E-state index in [1.54, 1.807) is 18.2 Å². The van der Waals surface area contributed by atoms with E-state index in [2.05, 4.69) is 10.3 Å². The number of hydrogen-bond acceptors (Lipinski definition) is 4. The van der Waals surface area contributed by atoms with E-state index < -0.39 is 5.91 Å². The molecule has 14 heavy (non-hydrogen) atoms. The molecule has 0 aromatic carbocycles. The third kappa shape index (κ3) is 3.40. The first-order chi connectivity index (χ1) is 6.72. The fourth-order valence-corrected chi connectivity index (χ4v) is 1.04. The highest BCUT2D eigenvalue weighted by Crippen LogP contribution is 2.04. The van der Waals surface area contributed by atoms with Gasteiger partial charge < -0.3 is 16.2 Å². The zero-order chi connectivity index (χ0) is 10.4. The number of anilines is 1. The zero-order valence-corrected chi connectivity index (χ0v) is 7.73. The smallest absolute Gasteiger partial charge is 0.223 e. The molecule has 1 rings (SSSR count). The topological polar surface area (TPSA) is 88.2 Å². The summed E-state index contributed by atoms with van der Waals surface area (Å²) < 4.78 is 0. The van der Waals surface area contributed by atoms with Crippen molar-refractivity contribution in [2.45, 2.75) is 6.42 Å². The molecule has 4 N–H and O–H groups in total. The number of aromatic nitrogens is 1. The minimum atomic E-state index is -0.406. The molecule has 0 unspecified atom stereocenters. The third-order valence-electron chi connectivity index (χ3n) is 1.58. The monoisotopic (exact) mass is 195 g/mol. The fourth-order valence-electron chi connectivity index (χ4n) is 1.04. The van der Waals surface area contributed by atoms with E-state index in [0.29, 0.717) is 18.1 Å². The van der Waals surface area contributed by atoms with E-state index in [9.17, 15) is 4.79 Å². The maximum atomic E-state index is 10.6. The Labute approximate surface area is 82.0 Å². The maximum Gasteiger partial charge on any atom is 0.223 e. The quantitative estimate of drug-likeness (QED) is 0.591. The van der Waals surface area contributed by atoms with Crippen molar-refractivity contribution in [3.05, 3.63) is 23.9 Å². The number of aliphatic hydroxyl groups excluding tert-OH is 1. The first-order valence-electron chi connectivity index (χ1n) is 4.31. The first-order valence-corrected chi connectivity index (χ1v) is 4.31. The Balaban J connectivity index is 2.63. The third-order valence-corrected chi connectivity index (χ3v) is 1.58. The number of primary amides is 1. The summed E-state index contributed by atoms with van der Waals surface area (Å²) in [7, 11) is 0. The lowest BCUT2D eigenvalue weighted by Crippen LogP contribution is -2.15. The normalized spacial score (nSPS) is 9.79.